The number of amides is 1. The first-order valence-corrected chi connectivity index (χ1v) is 11.5. The molecule has 1 amide bonds. The van der Waals surface area contributed by atoms with Crippen molar-refractivity contribution >= 4 is 14.4 Å². The van der Waals surface area contributed by atoms with E-state index in [9.17, 15) is 10.1 Å². The third kappa shape index (κ3) is 4.95. The van der Waals surface area contributed by atoms with Crippen molar-refractivity contribution in [2.75, 3.05) is 20.3 Å². The topological polar surface area (TPSA) is 82.8 Å². The second-order valence-corrected chi connectivity index (χ2v) is 13.0. The Morgan fingerprint density at radius 3 is 2.54 bits per heavy atom. The van der Waals surface area contributed by atoms with Gasteiger partial charge in [-0.25, -0.2) is 4.79 Å². The zero-order valence-electron chi connectivity index (χ0n) is 15.9. The zero-order chi connectivity index (χ0) is 18.6. The molecular formula is C17H32N2O4Si. The summed E-state index contributed by atoms with van der Waals surface area (Å²) in [4.78, 5) is 12.2. The molecule has 0 radical (unpaired) electrons. The Morgan fingerprint density at radius 2 is 2.12 bits per heavy atom. The normalized spacial score (nSPS) is 25.1. The Hall–Kier alpha value is -1.10. The second-order valence-electron chi connectivity index (χ2n) is 8.21. The Balaban J connectivity index is 2.40. The number of hydrogen-bond donors (Lipinski definition) is 1. The molecule has 2 unspecified atom stereocenters. The maximum Gasteiger partial charge on any atom is 0.408 e. The lowest BCUT2D eigenvalue weighted by molar-refractivity contribution is -0.0565. The standard InChI is InChI=1S/C17H32N2O4Si/c1-16(2,3)24(5,6)23-11-7-8-14-9-10-17(12-18,13-22-14)19(4)15(20)21/h14H,7-11,13H2,1-6H3,(H,20,21). The summed E-state index contributed by atoms with van der Waals surface area (Å²) < 4.78 is 11.9. The van der Waals surface area contributed by atoms with Crippen LogP contribution in [0.25, 0.3) is 0 Å². The van der Waals surface area contributed by atoms with Gasteiger partial charge in [0.05, 0.1) is 18.8 Å². The van der Waals surface area contributed by atoms with Gasteiger partial charge >= 0.3 is 6.09 Å². The molecule has 7 heteroatoms. The van der Waals surface area contributed by atoms with E-state index in [2.05, 4.69) is 39.9 Å². The van der Waals surface area contributed by atoms with Crippen LogP contribution in [0.5, 0.6) is 0 Å². The highest BCUT2D eigenvalue weighted by Gasteiger charge is 2.42. The van der Waals surface area contributed by atoms with E-state index < -0.39 is 19.9 Å². The van der Waals surface area contributed by atoms with Gasteiger partial charge in [0.25, 0.3) is 0 Å². The molecule has 2 atom stereocenters. The van der Waals surface area contributed by atoms with Crippen LogP contribution in [-0.4, -0.2) is 56.3 Å². The van der Waals surface area contributed by atoms with Gasteiger partial charge < -0.3 is 14.3 Å². The quantitative estimate of drug-likeness (QED) is 0.577. The molecule has 1 aliphatic rings. The molecule has 1 saturated heterocycles. The molecule has 0 saturated carbocycles. The highest BCUT2D eigenvalue weighted by atomic mass is 28.4. The van der Waals surface area contributed by atoms with E-state index in [4.69, 9.17) is 14.3 Å². The van der Waals surface area contributed by atoms with Crippen molar-refractivity contribution in [1.82, 2.24) is 4.90 Å². The van der Waals surface area contributed by atoms with E-state index in [0.29, 0.717) is 12.8 Å². The molecule has 1 rings (SSSR count). The van der Waals surface area contributed by atoms with Crippen LogP contribution in [-0.2, 0) is 9.16 Å². The first-order chi connectivity index (χ1) is 11.0. The summed E-state index contributed by atoms with van der Waals surface area (Å²) in [6.07, 6.45) is 2.00. The van der Waals surface area contributed by atoms with Gasteiger partial charge in [0.2, 0.25) is 0 Å². The summed E-state index contributed by atoms with van der Waals surface area (Å²) in [7, 11) is -0.271. The Bertz CT molecular complexity index is 474. The lowest BCUT2D eigenvalue weighted by atomic mass is 9.89. The van der Waals surface area contributed by atoms with Crippen molar-refractivity contribution in [3.05, 3.63) is 0 Å². The van der Waals surface area contributed by atoms with Gasteiger partial charge in [-0.3, -0.25) is 4.90 Å². The monoisotopic (exact) mass is 356 g/mol. The number of rotatable bonds is 6. The summed E-state index contributed by atoms with van der Waals surface area (Å²) in [5.74, 6) is 0. The van der Waals surface area contributed by atoms with E-state index in [1.807, 2.05) is 0 Å². The number of nitrogens with zero attached hydrogens (tertiary/aromatic N) is 2. The van der Waals surface area contributed by atoms with Gasteiger partial charge in [-0.2, -0.15) is 5.26 Å². The molecule has 1 fully saturated rings. The van der Waals surface area contributed by atoms with Crippen LogP contribution >= 0.6 is 0 Å². The lowest BCUT2D eigenvalue weighted by Gasteiger charge is -2.40. The van der Waals surface area contributed by atoms with Crippen LogP contribution in [0, 0.1) is 11.3 Å². The van der Waals surface area contributed by atoms with Crippen molar-refractivity contribution in [2.45, 2.75) is 76.2 Å². The maximum absolute atomic E-state index is 11.1. The molecule has 1 heterocycles. The van der Waals surface area contributed by atoms with Crippen LogP contribution in [0.1, 0.15) is 46.5 Å². The largest absolute Gasteiger partial charge is 0.465 e. The summed E-state index contributed by atoms with van der Waals surface area (Å²) in [6, 6.07) is 2.12. The summed E-state index contributed by atoms with van der Waals surface area (Å²) in [5.41, 5.74) is -1.06. The predicted octanol–water partition coefficient (Wildman–Crippen LogP) is 3.84. The molecule has 24 heavy (non-hydrogen) atoms. The first kappa shape index (κ1) is 20.9. The Kier molecular flexibility index (Phi) is 6.85. The molecule has 0 bridgehead atoms. The molecule has 6 nitrogen and oxygen atoms in total. The third-order valence-electron chi connectivity index (χ3n) is 5.51. The van der Waals surface area contributed by atoms with Gasteiger partial charge in [0.15, 0.2) is 13.9 Å². The number of carbonyl (C=O) groups is 1. The minimum atomic E-state index is -1.70. The molecule has 1 N–H and O–H groups in total. The van der Waals surface area contributed by atoms with Gasteiger partial charge in [0.1, 0.15) is 0 Å². The molecule has 0 aliphatic carbocycles. The zero-order valence-corrected chi connectivity index (χ0v) is 16.9. The molecule has 138 valence electrons. The van der Waals surface area contributed by atoms with Crippen LogP contribution in [0.2, 0.25) is 18.1 Å². The number of hydrogen-bond acceptors (Lipinski definition) is 4. The van der Waals surface area contributed by atoms with Gasteiger partial charge in [0, 0.05) is 13.7 Å². The fourth-order valence-corrected chi connectivity index (χ4v) is 3.59. The van der Waals surface area contributed by atoms with Crippen LogP contribution in [0.15, 0.2) is 0 Å². The number of nitriles is 1. The smallest absolute Gasteiger partial charge is 0.408 e. The van der Waals surface area contributed by atoms with Gasteiger partial charge in [-0.05, 0) is 43.8 Å². The molecule has 0 aromatic heterocycles. The summed E-state index contributed by atoms with van der Waals surface area (Å²) in [6.45, 7) is 12.0. The van der Waals surface area contributed by atoms with Crippen LogP contribution in [0.4, 0.5) is 4.79 Å². The first-order valence-electron chi connectivity index (χ1n) is 8.59. The minimum Gasteiger partial charge on any atom is -0.465 e. The van der Waals surface area contributed by atoms with Crippen molar-refractivity contribution in [3.8, 4) is 6.07 Å². The number of ether oxygens (including phenoxy) is 1. The van der Waals surface area contributed by atoms with Gasteiger partial charge in [-0.1, -0.05) is 20.8 Å². The van der Waals surface area contributed by atoms with E-state index >= 15 is 0 Å². The highest BCUT2D eigenvalue weighted by molar-refractivity contribution is 6.74. The predicted molar refractivity (Wildman–Crippen MR) is 95.5 cm³/mol. The Morgan fingerprint density at radius 1 is 1.50 bits per heavy atom. The van der Waals surface area contributed by atoms with Crippen molar-refractivity contribution in [3.63, 3.8) is 0 Å². The van der Waals surface area contributed by atoms with E-state index in [1.54, 1.807) is 0 Å². The molecule has 1 aliphatic heterocycles. The Labute approximate surface area is 146 Å². The summed E-state index contributed by atoms with van der Waals surface area (Å²) in [5, 5.41) is 18.7. The maximum atomic E-state index is 11.1. The molecule has 0 aromatic rings. The molecular weight excluding hydrogens is 324 g/mol. The lowest BCUT2D eigenvalue weighted by Crippen LogP contribution is -2.54. The average molecular weight is 357 g/mol. The fraction of sp³-hybridized carbons (Fsp3) is 0.882. The number of likely N-dealkylation sites (N-methyl/N-ethyl adjacent to an activating group) is 1. The minimum absolute atomic E-state index is 0.0803. The van der Waals surface area contributed by atoms with Crippen LogP contribution < -0.4 is 0 Å². The highest BCUT2D eigenvalue weighted by Crippen LogP contribution is 2.36. The molecule has 0 aromatic carbocycles. The van der Waals surface area contributed by atoms with Crippen LogP contribution in [0.3, 0.4) is 0 Å². The van der Waals surface area contributed by atoms with Gasteiger partial charge in [-0.15, -0.1) is 0 Å². The number of carboxylic acid groups (broad SMARTS) is 1. The fourth-order valence-electron chi connectivity index (χ4n) is 2.50. The van der Waals surface area contributed by atoms with Crippen molar-refractivity contribution in [2.24, 2.45) is 0 Å². The van der Waals surface area contributed by atoms with Crippen molar-refractivity contribution in [1.29, 1.82) is 5.26 Å². The van der Waals surface area contributed by atoms with E-state index in [0.717, 1.165) is 24.3 Å². The second kappa shape index (κ2) is 7.85. The average Bonchev–Trinajstić information content (AvgIpc) is 2.50. The third-order valence-corrected chi connectivity index (χ3v) is 10.1. The summed E-state index contributed by atoms with van der Waals surface area (Å²) >= 11 is 0. The molecule has 0 spiro atoms. The SMILES string of the molecule is CN(C(=O)O)C1(C#N)CCC(CCCO[Si](C)(C)C(C)(C)C)OC1. The van der Waals surface area contributed by atoms with E-state index in [-0.39, 0.29) is 17.7 Å². The van der Waals surface area contributed by atoms with Crippen molar-refractivity contribution < 1.29 is 19.1 Å². The van der Waals surface area contributed by atoms with E-state index in [1.165, 1.54) is 7.05 Å².